The molecular weight excluding hydrogens is 370 g/mol. The predicted octanol–water partition coefficient (Wildman–Crippen LogP) is 5.05. The van der Waals surface area contributed by atoms with Crippen molar-refractivity contribution in [2.24, 2.45) is 7.05 Å². The highest BCUT2D eigenvalue weighted by Gasteiger charge is 2.19. The van der Waals surface area contributed by atoms with E-state index in [0.29, 0.717) is 5.82 Å². The Morgan fingerprint density at radius 3 is 2.36 bits per heavy atom. The van der Waals surface area contributed by atoms with Crippen LogP contribution in [0.5, 0.6) is 0 Å². The van der Waals surface area contributed by atoms with Crippen LogP contribution in [-0.2, 0) is 18.2 Å². The summed E-state index contributed by atoms with van der Waals surface area (Å²) in [6.07, 6.45) is 3.58. The van der Waals surface area contributed by atoms with Gasteiger partial charge in [0.05, 0.1) is 5.69 Å². The van der Waals surface area contributed by atoms with Gasteiger partial charge in [-0.3, -0.25) is 15.0 Å². The van der Waals surface area contributed by atoms with Crippen LogP contribution in [0.4, 0.5) is 16.3 Å². The third-order valence-electron chi connectivity index (χ3n) is 4.16. The number of hydrogen-bond donors (Lipinski definition) is 2. The van der Waals surface area contributed by atoms with Crippen molar-refractivity contribution in [3.05, 3.63) is 66.1 Å². The Morgan fingerprint density at radius 1 is 1.07 bits per heavy atom. The van der Waals surface area contributed by atoms with Crippen molar-refractivity contribution in [2.45, 2.75) is 36.8 Å². The minimum atomic E-state index is -0.289. The minimum absolute atomic E-state index is 0.0712. The average molecular weight is 396 g/mol. The van der Waals surface area contributed by atoms with Crippen molar-refractivity contribution >= 4 is 29.3 Å². The maximum Gasteiger partial charge on any atom is 0.324 e. The molecule has 0 bridgehead atoms. The van der Waals surface area contributed by atoms with E-state index in [-0.39, 0.29) is 11.4 Å². The van der Waals surface area contributed by atoms with Crippen LogP contribution < -0.4 is 10.6 Å². The highest BCUT2D eigenvalue weighted by Crippen LogP contribution is 2.24. The number of nitrogens with one attached hydrogen (secondary N) is 2. The summed E-state index contributed by atoms with van der Waals surface area (Å²) in [4.78, 5) is 17.5. The molecule has 0 unspecified atom stereocenters. The predicted molar refractivity (Wildman–Crippen MR) is 115 cm³/mol. The fourth-order valence-electron chi connectivity index (χ4n) is 2.51. The average Bonchev–Trinajstić information content (AvgIpc) is 3.03. The summed E-state index contributed by atoms with van der Waals surface area (Å²) in [6.45, 7) is 6.27. The van der Waals surface area contributed by atoms with E-state index < -0.39 is 0 Å². The van der Waals surface area contributed by atoms with Gasteiger partial charge in [-0.1, -0.05) is 32.9 Å². The molecule has 0 aliphatic heterocycles. The molecule has 7 heteroatoms. The molecular formula is C21H25N5OS. The van der Waals surface area contributed by atoms with Crippen LogP contribution in [0.25, 0.3) is 0 Å². The Balaban J connectivity index is 1.55. The summed E-state index contributed by atoms with van der Waals surface area (Å²) in [7, 11) is 1.82. The number of nitrogens with zero attached hydrogens (tertiary/aromatic N) is 3. The SMILES string of the molecule is Cn1nc(C(C)(C)C)cc1NC(=O)Nc1ccc(CSc2ccncc2)cc1. The van der Waals surface area contributed by atoms with Crippen LogP contribution in [0.2, 0.25) is 0 Å². The Labute approximate surface area is 169 Å². The lowest BCUT2D eigenvalue weighted by molar-refractivity contribution is 0.262. The van der Waals surface area contributed by atoms with E-state index in [9.17, 15) is 4.79 Å². The summed E-state index contributed by atoms with van der Waals surface area (Å²) < 4.78 is 1.68. The number of benzene rings is 1. The third-order valence-corrected chi connectivity index (χ3v) is 5.24. The number of aromatic nitrogens is 3. The van der Waals surface area contributed by atoms with Crippen LogP contribution in [0, 0.1) is 0 Å². The lowest BCUT2D eigenvalue weighted by Crippen LogP contribution is -2.21. The number of carbonyl (C=O) groups excluding carboxylic acids is 1. The van der Waals surface area contributed by atoms with E-state index in [1.165, 1.54) is 10.5 Å². The zero-order valence-corrected chi connectivity index (χ0v) is 17.4. The second-order valence-electron chi connectivity index (χ2n) is 7.54. The maximum atomic E-state index is 12.3. The number of amides is 2. The first-order valence-electron chi connectivity index (χ1n) is 9.05. The molecule has 0 fully saturated rings. The second-order valence-corrected chi connectivity index (χ2v) is 8.58. The van der Waals surface area contributed by atoms with Gasteiger partial charge < -0.3 is 5.32 Å². The second kappa shape index (κ2) is 8.48. The molecule has 0 aliphatic carbocycles. The van der Waals surface area contributed by atoms with Crippen LogP contribution in [0.3, 0.4) is 0 Å². The van der Waals surface area contributed by atoms with Crippen molar-refractivity contribution in [3.63, 3.8) is 0 Å². The van der Waals surface area contributed by atoms with Crippen LogP contribution in [-0.4, -0.2) is 20.8 Å². The molecule has 3 rings (SSSR count). The molecule has 2 heterocycles. The topological polar surface area (TPSA) is 71.8 Å². The van der Waals surface area contributed by atoms with Crippen LogP contribution in [0.1, 0.15) is 32.0 Å². The van der Waals surface area contributed by atoms with E-state index >= 15 is 0 Å². The van der Waals surface area contributed by atoms with Crippen molar-refractivity contribution in [1.29, 1.82) is 0 Å². The van der Waals surface area contributed by atoms with E-state index in [0.717, 1.165) is 17.1 Å². The van der Waals surface area contributed by atoms with Gasteiger partial charge >= 0.3 is 6.03 Å². The number of pyridine rings is 1. The number of rotatable bonds is 5. The van der Waals surface area contributed by atoms with E-state index in [1.54, 1.807) is 28.8 Å². The molecule has 0 saturated carbocycles. The first-order chi connectivity index (χ1) is 13.3. The van der Waals surface area contributed by atoms with Crippen molar-refractivity contribution in [3.8, 4) is 0 Å². The standard InChI is InChI=1S/C21H25N5OS/c1-21(2,3)18-13-19(26(4)25-18)24-20(27)23-16-7-5-15(6-8-16)14-28-17-9-11-22-12-10-17/h5-13H,14H2,1-4H3,(H2,23,24,27). The molecule has 0 aliphatic rings. The van der Waals surface area contributed by atoms with Crippen molar-refractivity contribution in [1.82, 2.24) is 14.8 Å². The van der Waals surface area contributed by atoms with Gasteiger partial charge in [0, 0.05) is 47.3 Å². The number of aryl methyl sites for hydroxylation is 1. The smallest absolute Gasteiger partial charge is 0.308 e. The molecule has 0 saturated heterocycles. The molecule has 28 heavy (non-hydrogen) atoms. The molecule has 6 nitrogen and oxygen atoms in total. The molecule has 2 N–H and O–H groups in total. The number of urea groups is 1. The van der Waals surface area contributed by atoms with Gasteiger partial charge in [-0.25, -0.2) is 4.79 Å². The molecule has 0 atom stereocenters. The summed E-state index contributed by atoms with van der Waals surface area (Å²) in [6, 6.07) is 13.5. The first kappa shape index (κ1) is 19.9. The van der Waals surface area contributed by atoms with Crippen LogP contribution >= 0.6 is 11.8 Å². The van der Waals surface area contributed by atoms with Crippen molar-refractivity contribution in [2.75, 3.05) is 10.6 Å². The van der Waals surface area contributed by atoms with Gasteiger partial charge in [-0.2, -0.15) is 5.10 Å². The minimum Gasteiger partial charge on any atom is -0.308 e. The van der Waals surface area contributed by atoms with Gasteiger partial charge in [0.25, 0.3) is 0 Å². The Kier molecular flexibility index (Phi) is 6.04. The summed E-state index contributed by atoms with van der Waals surface area (Å²) in [5.41, 5.74) is 2.79. The van der Waals surface area contributed by atoms with E-state index in [1.807, 2.05) is 49.5 Å². The molecule has 146 valence electrons. The molecule has 0 radical (unpaired) electrons. The molecule has 2 amide bonds. The maximum absolute atomic E-state index is 12.3. The fraction of sp³-hybridized carbons (Fsp3) is 0.286. The monoisotopic (exact) mass is 395 g/mol. The normalized spacial score (nSPS) is 11.3. The molecule has 0 spiro atoms. The van der Waals surface area contributed by atoms with E-state index in [2.05, 4.69) is 41.5 Å². The lowest BCUT2D eigenvalue weighted by atomic mass is 9.92. The van der Waals surface area contributed by atoms with Gasteiger partial charge in [-0.15, -0.1) is 11.8 Å². The first-order valence-corrected chi connectivity index (χ1v) is 10.0. The summed E-state index contributed by atoms with van der Waals surface area (Å²) >= 11 is 1.75. The third kappa shape index (κ3) is 5.36. The zero-order valence-electron chi connectivity index (χ0n) is 16.6. The Bertz CT molecular complexity index is 930. The quantitative estimate of drug-likeness (QED) is 0.593. The Morgan fingerprint density at radius 2 is 1.75 bits per heavy atom. The number of anilines is 2. The number of hydrogen-bond acceptors (Lipinski definition) is 4. The highest BCUT2D eigenvalue weighted by atomic mass is 32.2. The van der Waals surface area contributed by atoms with Crippen LogP contribution in [0.15, 0.2) is 59.8 Å². The fourth-order valence-corrected chi connectivity index (χ4v) is 3.35. The lowest BCUT2D eigenvalue weighted by Gasteiger charge is -2.13. The number of thioether (sulfide) groups is 1. The molecule has 3 aromatic rings. The molecule has 2 aromatic heterocycles. The van der Waals surface area contributed by atoms with Gasteiger partial charge in [0.15, 0.2) is 0 Å². The van der Waals surface area contributed by atoms with Gasteiger partial charge in [0.1, 0.15) is 5.82 Å². The van der Waals surface area contributed by atoms with E-state index in [4.69, 9.17) is 0 Å². The van der Waals surface area contributed by atoms with Gasteiger partial charge in [0.2, 0.25) is 0 Å². The van der Waals surface area contributed by atoms with Gasteiger partial charge in [-0.05, 0) is 29.8 Å². The zero-order chi connectivity index (χ0) is 20.1. The summed E-state index contributed by atoms with van der Waals surface area (Å²) in [5, 5.41) is 10.2. The number of carbonyl (C=O) groups is 1. The largest absolute Gasteiger partial charge is 0.324 e. The Hall–Kier alpha value is -2.80. The summed E-state index contributed by atoms with van der Waals surface area (Å²) in [5.74, 6) is 1.52. The van der Waals surface area contributed by atoms with Crippen molar-refractivity contribution < 1.29 is 4.79 Å². The molecule has 1 aromatic carbocycles. The highest BCUT2D eigenvalue weighted by molar-refractivity contribution is 7.98.